The van der Waals surface area contributed by atoms with Crippen LogP contribution in [0.1, 0.15) is 91.4 Å². The van der Waals surface area contributed by atoms with E-state index in [1.165, 1.54) is 57.8 Å². The molecule has 1 nitrogen and oxygen atoms in total. The lowest BCUT2D eigenvalue weighted by Gasteiger charge is -2.52. The average Bonchev–Trinajstić information content (AvgIpc) is 2.82. The SMILES string of the molecule is CC1(C)CCC(O)CCCCC2C1CCC1(C)CCCC21. The number of hydrogen-bond acceptors (Lipinski definition) is 1. The Morgan fingerprint density at radius 1 is 0.714 bits per heavy atom. The molecule has 0 heterocycles. The number of aliphatic hydroxyl groups excluding tert-OH is 1. The number of aliphatic hydroxyl groups is 1. The second-order valence-electron chi connectivity index (χ2n) is 9.43. The summed E-state index contributed by atoms with van der Waals surface area (Å²) in [5, 5.41) is 10.2. The van der Waals surface area contributed by atoms with Gasteiger partial charge < -0.3 is 5.11 Å². The summed E-state index contributed by atoms with van der Waals surface area (Å²) in [4.78, 5) is 0. The quantitative estimate of drug-likeness (QED) is 0.619. The smallest absolute Gasteiger partial charge is 0.0540 e. The molecule has 1 N–H and O–H groups in total. The standard InChI is InChI=1S/C20H36O/c1-19(2)13-10-15(21)7-4-5-8-16-17(19)11-14-20(3)12-6-9-18(16)20/h15-18,21H,4-14H2,1-3H3. The lowest BCUT2D eigenvalue weighted by Crippen LogP contribution is -2.44. The fourth-order valence-corrected chi connectivity index (χ4v) is 6.28. The molecule has 0 aromatic rings. The predicted molar refractivity (Wildman–Crippen MR) is 89.2 cm³/mol. The minimum Gasteiger partial charge on any atom is -0.393 e. The van der Waals surface area contributed by atoms with Crippen molar-refractivity contribution in [3.05, 3.63) is 0 Å². The van der Waals surface area contributed by atoms with Crippen LogP contribution in [0, 0.1) is 28.6 Å². The van der Waals surface area contributed by atoms with Crippen molar-refractivity contribution in [1.82, 2.24) is 0 Å². The molecule has 0 radical (unpaired) electrons. The summed E-state index contributed by atoms with van der Waals surface area (Å²) < 4.78 is 0. The molecule has 21 heavy (non-hydrogen) atoms. The maximum absolute atomic E-state index is 10.2. The highest BCUT2D eigenvalue weighted by molar-refractivity contribution is 5.01. The third-order valence-corrected chi connectivity index (χ3v) is 7.67. The van der Waals surface area contributed by atoms with Gasteiger partial charge in [0, 0.05) is 0 Å². The lowest BCUT2D eigenvalue weighted by molar-refractivity contribution is -0.0323. The Balaban J connectivity index is 1.82. The van der Waals surface area contributed by atoms with Crippen LogP contribution in [0.15, 0.2) is 0 Å². The molecular weight excluding hydrogens is 256 g/mol. The van der Waals surface area contributed by atoms with Gasteiger partial charge >= 0.3 is 0 Å². The van der Waals surface area contributed by atoms with E-state index in [9.17, 15) is 5.11 Å². The van der Waals surface area contributed by atoms with E-state index in [1.54, 1.807) is 0 Å². The Bertz CT molecular complexity index is 361. The molecule has 0 saturated heterocycles. The van der Waals surface area contributed by atoms with Crippen LogP contribution in [0.5, 0.6) is 0 Å². The fraction of sp³-hybridized carbons (Fsp3) is 1.00. The number of hydrogen-bond donors (Lipinski definition) is 1. The predicted octanol–water partition coefficient (Wildman–Crippen LogP) is 5.56. The van der Waals surface area contributed by atoms with Gasteiger partial charge in [-0.15, -0.1) is 0 Å². The van der Waals surface area contributed by atoms with Gasteiger partial charge in [-0.25, -0.2) is 0 Å². The third kappa shape index (κ3) is 3.05. The average molecular weight is 293 g/mol. The normalized spacial score (nSPS) is 47.4. The van der Waals surface area contributed by atoms with Gasteiger partial charge in [0.2, 0.25) is 0 Å². The molecule has 0 aliphatic heterocycles. The third-order valence-electron chi connectivity index (χ3n) is 7.67. The van der Waals surface area contributed by atoms with Gasteiger partial charge in [-0.3, -0.25) is 0 Å². The van der Waals surface area contributed by atoms with Gasteiger partial charge in [0.25, 0.3) is 0 Å². The van der Waals surface area contributed by atoms with Crippen LogP contribution in [0.3, 0.4) is 0 Å². The van der Waals surface area contributed by atoms with Gasteiger partial charge in [0.05, 0.1) is 6.10 Å². The maximum atomic E-state index is 10.2. The Labute approximate surface area is 131 Å². The summed E-state index contributed by atoms with van der Waals surface area (Å²) >= 11 is 0. The minimum absolute atomic E-state index is 0.0406. The molecule has 0 aromatic carbocycles. The van der Waals surface area contributed by atoms with E-state index < -0.39 is 0 Å². The van der Waals surface area contributed by atoms with E-state index in [0.29, 0.717) is 10.8 Å². The first-order valence-corrected chi connectivity index (χ1v) is 9.60. The molecule has 0 spiro atoms. The zero-order valence-corrected chi connectivity index (χ0v) is 14.5. The molecule has 0 aromatic heterocycles. The highest BCUT2D eigenvalue weighted by atomic mass is 16.3. The van der Waals surface area contributed by atoms with Crippen molar-refractivity contribution in [3.8, 4) is 0 Å². The molecular formula is C20H36O. The van der Waals surface area contributed by atoms with E-state index in [1.807, 2.05) is 0 Å². The molecule has 3 fully saturated rings. The summed E-state index contributed by atoms with van der Waals surface area (Å²) in [6, 6.07) is 0. The molecule has 3 rings (SSSR count). The van der Waals surface area contributed by atoms with Crippen LogP contribution < -0.4 is 0 Å². The van der Waals surface area contributed by atoms with Gasteiger partial charge in [-0.1, -0.05) is 40.0 Å². The first kappa shape index (κ1) is 15.8. The Hall–Kier alpha value is -0.0400. The largest absolute Gasteiger partial charge is 0.393 e. The molecule has 0 bridgehead atoms. The Morgan fingerprint density at radius 2 is 1.48 bits per heavy atom. The first-order chi connectivity index (χ1) is 9.92. The second kappa shape index (κ2) is 5.87. The van der Waals surface area contributed by atoms with Crippen LogP contribution in [-0.2, 0) is 0 Å². The Morgan fingerprint density at radius 3 is 2.29 bits per heavy atom. The van der Waals surface area contributed by atoms with E-state index in [4.69, 9.17) is 0 Å². The minimum atomic E-state index is -0.0406. The van der Waals surface area contributed by atoms with E-state index >= 15 is 0 Å². The van der Waals surface area contributed by atoms with Gasteiger partial charge in [-0.2, -0.15) is 0 Å². The van der Waals surface area contributed by atoms with Crippen molar-refractivity contribution in [2.75, 3.05) is 0 Å². The zero-order valence-electron chi connectivity index (χ0n) is 14.5. The van der Waals surface area contributed by atoms with E-state index in [0.717, 1.165) is 30.6 Å². The van der Waals surface area contributed by atoms with Gasteiger partial charge in [0.1, 0.15) is 0 Å². The van der Waals surface area contributed by atoms with Crippen molar-refractivity contribution < 1.29 is 5.11 Å². The summed E-state index contributed by atoms with van der Waals surface area (Å²) in [7, 11) is 0. The lowest BCUT2D eigenvalue weighted by atomic mass is 9.53. The number of fused-ring (bicyclic) bond motifs is 3. The molecule has 3 aliphatic carbocycles. The number of rotatable bonds is 0. The molecule has 0 amide bonds. The Kier molecular flexibility index (Phi) is 4.43. The summed E-state index contributed by atoms with van der Waals surface area (Å²) in [5.41, 5.74) is 1.09. The van der Waals surface area contributed by atoms with E-state index in [2.05, 4.69) is 20.8 Å². The maximum Gasteiger partial charge on any atom is 0.0540 e. The molecule has 5 atom stereocenters. The first-order valence-electron chi connectivity index (χ1n) is 9.60. The zero-order chi connectivity index (χ0) is 15.1. The van der Waals surface area contributed by atoms with Gasteiger partial charge in [-0.05, 0) is 80.0 Å². The molecule has 3 aliphatic rings. The van der Waals surface area contributed by atoms with Crippen molar-refractivity contribution in [2.24, 2.45) is 28.6 Å². The monoisotopic (exact) mass is 292 g/mol. The van der Waals surface area contributed by atoms with E-state index in [-0.39, 0.29) is 6.10 Å². The van der Waals surface area contributed by atoms with Crippen LogP contribution in [0.25, 0.3) is 0 Å². The highest BCUT2D eigenvalue weighted by Gasteiger charge is 2.51. The summed E-state index contributed by atoms with van der Waals surface area (Å²) in [5.74, 6) is 2.87. The molecule has 3 saturated carbocycles. The van der Waals surface area contributed by atoms with Crippen LogP contribution in [0.2, 0.25) is 0 Å². The molecule has 122 valence electrons. The molecule has 5 unspecified atom stereocenters. The van der Waals surface area contributed by atoms with Crippen molar-refractivity contribution >= 4 is 0 Å². The van der Waals surface area contributed by atoms with Crippen LogP contribution in [0.4, 0.5) is 0 Å². The second-order valence-corrected chi connectivity index (χ2v) is 9.43. The molecule has 1 heteroatoms. The topological polar surface area (TPSA) is 20.2 Å². The van der Waals surface area contributed by atoms with Crippen molar-refractivity contribution in [2.45, 2.75) is 97.5 Å². The van der Waals surface area contributed by atoms with Crippen LogP contribution in [-0.4, -0.2) is 11.2 Å². The van der Waals surface area contributed by atoms with Crippen molar-refractivity contribution in [1.29, 1.82) is 0 Å². The highest BCUT2D eigenvalue weighted by Crippen LogP contribution is 2.60. The summed E-state index contributed by atoms with van der Waals surface area (Å²) in [6.45, 7) is 7.59. The van der Waals surface area contributed by atoms with Crippen molar-refractivity contribution in [3.63, 3.8) is 0 Å². The van der Waals surface area contributed by atoms with Gasteiger partial charge in [0.15, 0.2) is 0 Å². The summed E-state index contributed by atoms with van der Waals surface area (Å²) in [6.07, 6.45) is 14.6. The van der Waals surface area contributed by atoms with Crippen LogP contribution >= 0.6 is 0 Å². The fourth-order valence-electron chi connectivity index (χ4n) is 6.28.